The fraction of sp³-hybridized carbons (Fsp3) is 0.471. The molecule has 1 aromatic carbocycles. The fourth-order valence-electron chi connectivity index (χ4n) is 3.19. The zero-order valence-electron chi connectivity index (χ0n) is 13.1. The number of anilines is 1. The predicted molar refractivity (Wildman–Crippen MR) is 90.0 cm³/mol. The summed E-state index contributed by atoms with van der Waals surface area (Å²) >= 11 is 1.72. The number of rotatable bonds is 4. The number of benzene rings is 1. The number of nitrogens with zero attached hydrogens (tertiary/aromatic N) is 3. The Morgan fingerprint density at radius 3 is 2.77 bits per heavy atom. The highest BCUT2D eigenvalue weighted by Crippen LogP contribution is 2.26. The van der Waals surface area contributed by atoms with Gasteiger partial charge < -0.3 is 4.90 Å². The molecule has 3 nitrogen and oxygen atoms in total. The van der Waals surface area contributed by atoms with E-state index in [-0.39, 0.29) is 5.82 Å². The molecule has 0 bridgehead atoms. The molecule has 2 aromatic rings. The van der Waals surface area contributed by atoms with Gasteiger partial charge in [0.15, 0.2) is 0 Å². The Bertz CT molecular complexity index is 606. The van der Waals surface area contributed by atoms with Gasteiger partial charge in [0.1, 0.15) is 10.8 Å². The highest BCUT2D eigenvalue weighted by Gasteiger charge is 2.23. The molecule has 0 amide bonds. The fourth-order valence-corrected chi connectivity index (χ4v) is 3.87. The van der Waals surface area contributed by atoms with Crippen molar-refractivity contribution in [1.82, 2.24) is 9.88 Å². The largest absolute Gasteiger partial charge is 0.371 e. The van der Waals surface area contributed by atoms with E-state index in [0.29, 0.717) is 6.04 Å². The van der Waals surface area contributed by atoms with Crippen LogP contribution in [0.4, 0.5) is 10.1 Å². The lowest BCUT2D eigenvalue weighted by Crippen LogP contribution is -2.43. The van der Waals surface area contributed by atoms with Crippen molar-refractivity contribution < 1.29 is 4.39 Å². The molecule has 1 saturated heterocycles. The molecular formula is C17H22FN3S. The Hall–Kier alpha value is -1.46. The lowest BCUT2D eigenvalue weighted by Gasteiger charge is -2.38. The average Bonchev–Trinajstić information content (AvgIpc) is 3.00. The first-order valence-electron chi connectivity index (χ1n) is 7.73. The van der Waals surface area contributed by atoms with Crippen LogP contribution < -0.4 is 4.90 Å². The Morgan fingerprint density at radius 1 is 1.36 bits per heavy atom. The Kier molecular flexibility index (Phi) is 4.74. The maximum Gasteiger partial charge on any atom is 0.123 e. The second kappa shape index (κ2) is 6.75. The molecule has 1 fully saturated rings. The first-order chi connectivity index (χ1) is 10.6. The number of aryl methyl sites for hydroxylation is 1. The summed E-state index contributed by atoms with van der Waals surface area (Å²) in [6.45, 7) is 4.97. The number of piperidine rings is 1. The van der Waals surface area contributed by atoms with E-state index in [9.17, 15) is 4.39 Å². The van der Waals surface area contributed by atoms with Crippen LogP contribution in [0.2, 0.25) is 0 Å². The lowest BCUT2D eigenvalue weighted by molar-refractivity contribution is 0.200. The Balaban J connectivity index is 1.58. The van der Waals surface area contributed by atoms with Gasteiger partial charge in [-0.25, -0.2) is 9.37 Å². The van der Waals surface area contributed by atoms with Crippen molar-refractivity contribution in [2.45, 2.75) is 32.4 Å². The van der Waals surface area contributed by atoms with Gasteiger partial charge in [-0.2, -0.15) is 0 Å². The molecule has 0 aliphatic carbocycles. The summed E-state index contributed by atoms with van der Waals surface area (Å²) in [5.41, 5.74) is 2.19. The normalized spacial score (nSPS) is 16.5. The smallest absolute Gasteiger partial charge is 0.123 e. The van der Waals surface area contributed by atoms with Crippen molar-refractivity contribution in [2.24, 2.45) is 0 Å². The van der Waals surface area contributed by atoms with E-state index in [1.165, 1.54) is 10.7 Å². The van der Waals surface area contributed by atoms with Gasteiger partial charge in [0, 0.05) is 36.4 Å². The van der Waals surface area contributed by atoms with E-state index in [0.717, 1.165) is 38.0 Å². The second-order valence-electron chi connectivity index (χ2n) is 5.99. The van der Waals surface area contributed by atoms with E-state index >= 15 is 0 Å². The third-order valence-corrected chi connectivity index (χ3v) is 5.22. The molecule has 118 valence electrons. The van der Waals surface area contributed by atoms with E-state index in [1.54, 1.807) is 23.5 Å². The standard InChI is InChI=1S/C17H22FN3S/c1-13-11-14(18)3-4-16(13)21-8-5-15(6-9-21)20(2)12-17-19-7-10-22-17/h3-4,7,10-11,15H,5-6,8-9,12H2,1-2H3. The summed E-state index contributed by atoms with van der Waals surface area (Å²) in [5, 5.41) is 3.21. The number of hydrogen-bond donors (Lipinski definition) is 0. The summed E-state index contributed by atoms with van der Waals surface area (Å²) in [6.07, 6.45) is 4.14. The predicted octanol–water partition coefficient (Wildman–Crippen LogP) is 3.69. The number of aromatic nitrogens is 1. The van der Waals surface area contributed by atoms with Gasteiger partial charge in [-0.3, -0.25) is 4.90 Å². The van der Waals surface area contributed by atoms with Crippen LogP contribution in [0.1, 0.15) is 23.4 Å². The molecule has 5 heteroatoms. The van der Waals surface area contributed by atoms with Crippen LogP contribution in [0.25, 0.3) is 0 Å². The van der Waals surface area contributed by atoms with Crippen molar-refractivity contribution in [1.29, 1.82) is 0 Å². The van der Waals surface area contributed by atoms with Gasteiger partial charge in [-0.15, -0.1) is 11.3 Å². The van der Waals surface area contributed by atoms with Crippen LogP contribution in [0.15, 0.2) is 29.8 Å². The molecule has 0 unspecified atom stereocenters. The molecule has 1 aromatic heterocycles. The van der Waals surface area contributed by atoms with Crippen molar-refractivity contribution >= 4 is 17.0 Å². The molecule has 0 atom stereocenters. The minimum absolute atomic E-state index is 0.153. The van der Waals surface area contributed by atoms with Crippen LogP contribution in [0, 0.1) is 12.7 Å². The van der Waals surface area contributed by atoms with E-state index in [1.807, 2.05) is 24.6 Å². The number of thiazole rings is 1. The molecule has 1 aliphatic rings. The SMILES string of the molecule is Cc1cc(F)ccc1N1CCC(N(C)Cc2nccs2)CC1. The lowest BCUT2D eigenvalue weighted by atomic mass is 10.0. The molecule has 3 rings (SSSR count). The maximum absolute atomic E-state index is 13.2. The summed E-state index contributed by atoms with van der Waals surface area (Å²) in [6, 6.07) is 5.68. The van der Waals surface area contributed by atoms with Gasteiger partial charge in [-0.05, 0) is 50.6 Å². The third kappa shape index (κ3) is 3.47. The molecule has 2 heterocycles. The minimum atomic E-state index is -0.153. The zero-order valence-corrected chi connectivity index (χ0v) is 13.9. The van der Waals surface area contributed by atoms with Gasteiger partial charge in [0.05, 0.1) is 6.54 Å². The van der Waals surface area contributed by atoms with Crippen LogP contribution in [0.3, 0.4) is 0 Å². The monoisotopic (exact) mass is 319 g/mol. The van der Waals surface area contributed by atoms with E-state index in [4.69, 9.17) is 0 Å². The molecule has 22 heavy (non-hydrogen) atoms. The summed E-state index contributed by atoms with van der Waals surface area (Å²) in [7, 11) is 2.19. The van der Waals surface area contributed by atoms with Crippen LogP contribution >= 0.6 is 11.3 Å². The topological polar surface area (TPSA) is 19.4 Å². The molecule has 1 aliphatic heterocycles. The second-order valence-corrected chi connectivity index (χ2v) is 6.97. The van der Waals surface area contributed by atoms with E-state index in [2.05, 4.69) is 21.8 Å². The number of halogens is 1. The first-order valence-corrected chi connectivity index (χ1v) is 8.61. The Labute approximate surface area is 135 Å². The molecular weight excluding hydrogens is 297 g/mol. The first kappa shape index (κ1) is 15.4. The number of hydrogen-bond acceptors (Lipinski definition) is 4. The maximum atomic E-state index is 13.2. The van der Waals surface area contributed by atoms with E-state index < -0.39 is 0 Å². The molecule has 0 radical (unpaired) electrons. The minimum Gasteiger partial charge on any atom is -0.371 e. The van der Waals surface area contributed by atoms with Crippen molar-refractivity contribution in [3.8, 4) is 0 Å². The van der Waals surface area contributed by atoms with Crippen LogP contribution in [0.5, 0.6) is 0 Å². The van der Waals surface area contributed by atoms with Crippen molar-refractivity contribution in [3.63, 3.8) is 0 Å². The summed E-state index contributed by atoms with van der Waals surface area (Å²) in [5.74, 6) is -0.153. The average molecular weight is 319 g/mol. The van der Waals surface area contributed by atoms with Crippen molar-refractivity contribution in [2.75, 3.05) is 25.0 Å². The third-order valence-electron chi connectivity index (χ3n) is 4.46. The molecule has 0 spiro atoms. The quantitative estimate of drug-likeness (QED) is 0.857. The summed E-state index contributed by atoms with van der Waals surface area (Å²) in [4.78, 5) is 9.15. The van der Waals surface area contributed by atoms with Gasteiger partial charge in [0.25, 0.3) is 0 Å². The van der Waals surface area contributed by atoms with Crippen LogP contribution in [-0.4, -0.2) is 36.1 Å². The Morgan fingerprint density at radius 2 is 2.14 bits per heavy atom. The van der Waals surface area contributed by atoms with Gasteiger partial charge in [-0.1, -0.05) is 0 Å². The summed E-state index contributed by atoms with van der Waals surface area (Å²) < 4.78 is 13.2. The zero-order chi connectivity index (χ0) is 15.5. The van der Waals surface area contributed by atoms with Gasteiger partial charge in [0.2, 0.25) is 0 Å². The highest BCUT2D eigenvalue weighted by atomic mass is 32.1. The molecule has 0 saturated carbocycles. The van der Waals surface area contributed by atoms with Crippen LogP contribution in [-0.2, 0) is 6.54 Å². The molecule has 0 N–H and O–H groups in total. The van der Waals surface area contributed by atoms with Gasteiger partial charge >= 0.3 is 0 Å². The highest BCUT2D eigenvalue weighted by molar-refractivity contribution is 7.09. The van der Waals surface area contributed by atoms with Crippen molar-refractivity contribution in [3.05, 3.63) is 46.2 Å².